The molecule has 9 heteroatoms. The monoisotopic (exact) mass is 434 g/mol. The summed E-state index contributed by atoms with van der Waals surface area (Å²) >= 11 is 0. The number of carboxylic acid groups (broad SMARTS) is 1. The van der Waals surface area contributed by atoms with Crippen molar-refractivity contribution in [2.75, 3.05) is 36.9 Å². The maximum absolute atomic E-state index is 13.2. The summed E-state index contributed by atoms with van der Waals surface area (Å²) in [6.07, 6.45) is 2.09. The van der Waals surface area contributed by atoms with Crippen molar-refractivity contribution >= 4 is 27.4 Å². The molecule has 0 saturated carbocycles. The summed E-state index contributed by atoms with van der Waals surface area (Å²) in [5.74, 6) is -0.153. The number of hydrogen-bond donors (Lipinski definition) is 2. The summed E-state index contributed by atoms with van der Waals surface area (Å²) in [5, 5.41) is 9.39. The molecule has 1 aliphatic heterocycles. The Morgan fingerprint density at radius 1 is 1.17 bits per heavy atom. The molecule has 1 atom stereocenters. The van der Waals surface area contributed by atoms with Crippen molar-refractivity contribution in [3.63, 3.8) is 0 Å². The second-order valence-corrected chi connectivity index (χ2v) is 9.00. The molecule has 0 bridgehead atoms. The van der Waals surface area contributed by atoms with Crippen LogP contribution in [0.3, 0.4) is 0 Å². The van der Waals surface area contributed by atoms with Gasteiger partial charge in [0, 0.05) is 19.2 Å². The lowest BCUT2D eigenvalue weighted by Gasteiger charge is -2.34. The first-order valence-electron chi connectivity index (χ1n) is 9.62. The van der Waals surface area contributed by atoms with Crippen molar-refractivity contribution in [2.45, 2.75) is 24.7 Å². The fourth-order valence-electron chi connectivity index (χ4n) is 3.63. The summed E-state index contributed by atoms with van der Waals surface area (Å²) < 4.78 is 39.4. The number of sulfonamides is 1. The first-order chi connectivity index (χ1) is 14.2. The first-order valence-corrected chi connectivity index (χ1v) is 11.1. The summed E-state index contributed by atoms with van der Waals surface area (Å²) in [7, 11) is -1.26. The Hall–Kier alpha value is -2.94. The largest absolute Gasteiger partial charge is 0.497 e. The third-order valence-corrected chi connectivity index (χ3v) is 6.53. The summed E-state index contributed by atoms with van der Waals surface area (Å²) in [5.41, 5.74) is 0.866. The van der Waals surface area contributed by atoms with Crippen LogP contribution in [-0.4, -0.2) is 46.8 Å². The highest BCUT2D eigenvalue weighted by Gasteiger charge is 2.25. The second-order valence-electron chi connectivity index (χ2n) is 7.35. The molecule has 1 saturated heterocycles. The smallest absolute Gasteiger partial charge is 0.335 e. The van der Waals surface area contributed by atoms with Gasteiger partial charge in [0.1, 0.15) is 16.4 Å². The number of piperidine rings is 1. The van der Waals surface area contributed by atoms with E-state index >= 15 is 0 Å². The fourth-order valence-corrected chi connectivity index (χ4v) is 4.88. The van der Waals surface area contributed by atoms with Crippen molar-refractivity contribution in [1.82, 2.24) is 0 Å². The molecular formula is C21H26N2O6S. The van der Waals surface area contributed by atoms with Crippen LogP contribution in [0.5, 0.6) is 11.5 Å². The van der Waals surface area contributed by atoms with E-state index in [4.69, 9.17) is 9.47 Å². The van der Waals surface area contributed by atoms with Crippen molar-refractivity contribution in [1.29, 1.82) is 0 Å². The van der Waals surface area contributed by atoms with Gasteiger partial charge in [0.15, 0.2) is 0 Å². The topological polar surface area (TPSA) is 105 Å². The minimum Gasteiger partial charge on any atom is -0.497 e. The van der Waals surface area contributed by atoms with Gasteiger partial charge in [0.25, 0.3) is 10.0 Å². The van der Waals surface area contributed by atoms with Crippen LogP contribution in [0.25, 0.3) is 0 Å². The van der Waals surface area contributed by atoms with Crippen LogP contribution >= 0.6 is 0 Å². The maximum Gasteiger partial charge on any atom is 0.335 e. The summed E-state index contributed by atoms with van der Waals surface area (Å²) in [6, 6.07) is 8.97. The number of hydrogen-bond acceptors (Lipinski definition) is 6. The molecule has 1 heterocycles. The van der Waals surface area contributed by atoms with Crippen molar-refractivity contribution < 1.29 is 27.8 Å². The van der Waals surface area contributed by atoms with Crippen LogP contribution in [0, 0.1) is 5.92 Å². The highest BCUT2D eigenvalue weighted by molar-refractivity contribution is 7.92. The molecule has 0 aliphatic carbocycles. The van der Waals surface area contributed by atoms with E-state index in [1.54, 1.807) is 12.1 Å². The molecule has 3 rings (SSSR count). The molecule has 0 radical (unpaired) electrons. The Labute approximate surface area is 176 Å². The molecule has 2 N–H and O–H groups in total. The maximum atomic E-state index is 13.2. The summed E-state index contributed by atoms with van der Waals surface area (Å²) in [4.78, 5) is 13.5. The van der Waals surface area contributed by atoms with Crippen LogP contribution in [0.2, 0.25) is 0 Å². The van der Waals surface area contributed by atoms with E-state index in [9.17, 15) is 18.3 Å². The zero-order chi connectivity index (χ0) is 21.9. The zero-order valence-corrected chi connectivity index (χ0v) is 18.0. The first kappa shape index (κ1) is 21.8. The highest BCUT2D eigenvalue weighted by atomic mass is 32.2. The molecule has 1 fully saturated rings. The Morgan fingerprint density at radius 3 is 2.57 bits per heavy atom. The van der Waals surface area contributed by atoms with Crippen molar-refractivity contribution in [3.8, 4) is 11.5 Å². The van der Waals surface area contributed by atoms with Crippen LogP contribution in [-0.2, 0) is 10.0 Å². The number of anilines is 2. The van der Waals surface area contributed by atoms with E-state index < -0.39 is 16.0 Å². The molecule has 0 aromatic heterocycles. The van der Waals surface area contributed by atoms with Gasteiger partial charge in [-0.25, -0.2) is 13.2 Å². The molecule has 0 amide bonds. The average molecular weight is 435 g/mol. The minimum atomic E-state index is -4.08. The molecule has 0 unspecified atom stereocenters. The number of carbonyl (C=O) groups is 1. The number of aromatic carboxylic acids is 1. The Balaban J connectivity index is 2.06. The van der Waals surface area contributed by atoms with E-state index in [2.05, 4.69) is 16.5 Å². The zero-order valence-electron chi connectivity index (χ0n) is 17.2. The minimum absolute atomic E-state index is 0.000819. The Kier molecular flexibility index (Phi) is 6.40. The fraction of sp³-hybridized carbons (Fsp3) is 0.381. The molecular weight excluding hydrogens is 408 g/mol. The van der Waals surface area contributed by atoms with E-state index in [1.807, 2.05) is 0 Å². The molecule has 1 aliphatic rings. The third kappa shape index (κ3) is 4.62. The lowest BCUT2D eigenvalue weighted by Crippen LogP contribution is -2.35. The molecule has 2 aromatic carbocycles. The van der Waals surface area contributed by atoms with Gasteiger partial charge < -0.3 is 19.5 Å². The number of carboxylic acids is 1. The van der Waals surface area contributed by atoms with Gasteiger partial charge in [-0.05, 0) is 49.1 Å². The lowest BCUT2D eigenvalue weighted by atomic mass is 9.99. The van der Waals surface area contributed by atoms with Crippen LogP contribution in [0.4, 0.5) is 11.4 Å². The van der Waals surface area contributed by atoms with Crippen molar-refractivity contribution in [3.05, 3.63) is 42.0 Å². The van der Waals surface area contributed by atoms with E-state index in [0.29, 0.717) is 17.4 Å². The number of nitrogens with zero attached hydrogens (tertiary/aromatic N) is 1. The van der Waals surface area contributed by atoms with Gasteiger partial charge in [0.2, 0.25) is 0 Å². The molecule has 8 nitrogen and oxygen atoms in total. The van der Waals surface area contributed by atoms with Crippen LogP contribution in [0.1, 0.15) is 30.1 Å². The highest BCUT2D eigenvalue weighted by Crippen LogP contribution is 2.35. The Bertz CT molecular complexity index is 1040. The SMILES string of the molecule is COc1ccc(OC)c(S(=O)(=O)Nc2cc(C(=O)O)ccc2N2CCC[C@H](C)C2)c1. The number of rotatable bonds is 7. The van der Waals surface area contributed by atoms with Crippen LogP contribution in [0.15, 0.2) is 41.3 Å². The average Bonchev–Trinajstić information content (AvgIpc) is 2.72. The Morgan fingerprint density at radius 2 is 1.93 bits per heavy atom. The number of nitrogens with one attached hydrogen (secondary N) is 1. The van der Waals surface area contributed by atoms with Crippen LogP contribution < -0.4 is 19.1 Å². The normalized spacial score (nSPS) is 16.8. The van der Waals surface area contributed by atoms with E-state index in [0.717, 1.165) is 25.9 Å². The predicted molar refractivity (Wildman–Crippen MR) is 114 cm³/mol. The van der Waals surface area contributed by atoms with Crippen molar-refractivity contribution in [2.24, 2.45) is 5.92 Å². The molecule has 30 heavy (non-hydrogen) atoms. The molecule has 162 valence electrons. The summed E-state index contributed by atoms with van der Waals surface area (Å²) in [6.45, 7) is 3.68. The van der Waals surface area contributed by atoms with E-state index in [-0.39, 0.29) is 21.9 Å². The van der Waals surface area contributed by atoms with Gasteiger partial charge in [-0.15, -0.1) is 0 Å². The van der Waals surface area contributed by atoms with Gasteiger partial charge >= 0.3 is 5.97 Å². The quantitative estimate of drug-likeness (QED) is 0.688. The van der Waals surface area contributed by atoms with Gasteiger partial charge in [-0.1, -0.05) is 6.92 Å². The second kappa shape index (κ2) is 8.83. The molecule has 2 aromatic rings. The van der Waals surface area contributed by atoms with Gasteiger partial charge in [-0.2, -0.15) is 0 Å². The number of ether oxygens (including phenoxy) is 2. The van der Waals surface area contributed by atoms with Gasteiger partial charge in [-0.3, -0.25) is 4.72 Å². The van der Waals surface area contributed by atoms with E-state index in [1.165, 1.54) is 38.5 Å². The predicted octanol–water partition coefficient (Wildman–Crippen LogP) is 3.44. The number of benzene rings is 2. The standard InChI is InChI=1S/C21H26N2O6S/c1-14-5-4-10-23(13-14)18-8-6-15(21(24)25)11-17(18)22-30(26,27)20-12-16(28-2)7-9-19(20)29-3/h6-9,11-12,14,22H,4-5,10,13H2,1-3H3,(H,24,25)/t14-/m0/s1. The third-order valence-electron chi connectivity index (χ3n) is 5.15. The number of methoxy groups -OCH3 is 2. The lowest BCUT2D eigenvalue weighted by molar-refractivity contribution is 0.0697. The molecule has 0 spiro atoms. The van der Waals surface area contributed by atoms with Gasteiger partial charge in [0.05, 0.1) is 31.2 Å².